The molecule has 0 aromatic heterocycles. The molecule has 8 heteroatoms. The Bertz CT molecular complexity index is 610. The molecule has 1 aromatic carbocycles. The van der Waals surface area contributed by atoms with E-state index in [-0.39, 0.29) is 22.8 Å². The van der Waals surface area contributed by atoms with Gasteiger partial charge in [0, 0.05) is 18.9 Å². The van der Waals surface area contributed by atoms with Gasteiger partial charge in [-0.15, -0.1) is 0 Å². The molecule has 1 rings (SSSR count). The first-order valence-corrected chi connectivity index (χ1v) is 7.91. The Hall–Kier alpha value is -1.67. The molecule has 0 aliphatic heterocycles. The molecule has 0 saturated heterocycles. The fourth-order valence-corrected chi connectivity index (χ4v) is 2.09. The number of nitro benzene ring substituents is 1. The average molecular weight is 302 g/mol. The van der Waals surface area contributed by atoms with E-state index in [2.05, 4.69) is 5.32 Å². The van der Waals surface area contributed by atoms with Crippen LogP contribution in [0.2, 0.25) is 0 Å². The molecule has 1 atom stereocenters. The van der Waals surface area contributed by atoms with Gasteiger partial charge in [-0.1, -0.05) is 6.92 Å². The van der Waals surface area contributed by atoms with Gasteiger partial charge in [-0.3, -0.25) is 10.1 Å². The van der Waals surface area contributed by atoms with E-state index in [1.54, 1.807) is 13.8 Å². The lowest BCUT2D eigenvalue weighted by atomic mass is 10.0. The lowest BCUT2D eigenvalue weighted by Gasteiger charge is -2.22. The number of nitrogens with zero attached hydrogens (tertiary/aromatic N) is 1. The molecule has 0 bridgehead atoms. The van der Waals surface area contributed by atoms with Crippen molar-refractivity contribution in [2.75, 3.05) is 18.1 Å². The van der Waals surface area contributed by atoms with Crippen LogP contribution in [-0.2, 0) is 9.84 Å². The lowest BCUT2D eigenvalue weighted by molar-refractivity contribution is -0.384. The van der Waals surface area contributed by atoms with Crippen molar-refractivity contribution >= 4 is 21.2 Å². The molecule has 2 N–H and O–H groups in total. The molecule has 0 radical (unpaired) electrons. The third-order valence-electron chi connectivity index (χ3n) is 3.02. The summed E-state index contributed by atoms with van der Waals surface area (Å²) in [6.45, 7) is 3.53. The third kappa shape index (κ3) is 4.17. The quantitative estimate of drug-likeness (QED) is 0.609. The number of nitro groups is 1. The largest absolute Gasteiger partial charge is 0.388 e. The van der Waals surface area contributed by atoms with Crippen LogP contribution in [0.15, 0.2) is 23.1 Å². The van der Waals surface area contributed by atoms with Crippen molar-refractivity contribution in [3.05, 3.63) is 28.3 Å². The van der Waals surface area contributed by atoms with Crippen LogP contribution in [0.25, 0.3) is 0 Å². The van der Waals surface area contributed by atoms with Crippen LogP contribution in [-0.4, -0.2) is 36.8 Å². The van der Waals surface area contributed by atoms with E-state index in [0.29, 0.717) is 6.42 Å². The molecule has 0 heterocycles. The Morgan fingerprint density at radius 2 is 2.05 bits per heavy atom. The van der Waals surface area contributed by atoms with Crippen molar-refractivity contribution in [2.24, 2.45) is 0 Å². The van der Waals surface area contributed by atoms with Gasteiger partial charge in [-0.2, -0.15) is 0 Å². The second-order valence-corrected chi connectivity index (χ2v) is 6.93. The molecule has 0 aliphatic rings. The molecule has 112 valence electrons. The maximum Gasteiger partial charge on any atom is 0.293 e. The molecule has 1 aromatic rings. The first kappa shape index (κ1) is 16.4. The lowest BCUT2D eigenvalue weighted by Crippen LogP contribution is -2.32. The summed E-state index contributed by atoms with van der Waals surface area (Å²) in [4.78, 5) is 10.2. The Morgan fingerprint density at radius 1 is 1.45 bits per heavy atom. The summed E-state index contributed by atoms with van der Waals surface area (Å²) >= 11 is 0. The minimum atomic E-state index is -3.51. The van der Waals surface area contributed by atoms with Gasteiger partial charge in [0.25, 0.3) is 5.69 Å². The van der Waals surface area contributed by atoms with Crippen LogP contribution in [0, 0.1) is 10.1 Å². The monoisotopic (exact) mass is 302 g/mol. The maximum atomic E-state index is 11.4. The van der Waals surface area contributed by atoms with Crippen molar-refractivity contribution in [1.29, 1.82) is 0 Å². The van der Waals surface area contributed by atoms with Crippen molar-refractivity contribution in [3.8, 4) is 0 Å². The van der Waals surface area contributed by atoms with Crippen molar-refractivity contribution in [1.82, 2.24) is 0 Å². The maximum absolute atomic E-state index is 11.4. The molecular formula is C12H18N2O5S. The van der Waals surface area contributed by atoms with Crippen LogP contribution in [0.1, 0.15) is 20.3 Å². The number of nitrogens with one attached hydrogen (secondary N) is 1. The first-order valence-electron chi connectivity index (χ1n) is 6.01. The third-order valence-corrected chi connectivity index (χ3v) is 4.13. The van der Waals surface area contributed by atoms with Crippen LogP contribution in [0.3, 0.4) is 0 Å². The van der Waals surface area contributed by atoms with Crippen molar-refractivity contribution < 1.29 is 18.4 Å². The SMILES string of the molecule is CC[C@@](C)(O)CNc1ccc(S(C)(=O)=O)cc1[N+](=O)[O-]. The average Bonchev–Trinajstić information content (AvgIpc) is 2.35. The van der Waals surface area contributed by atoms with E-state index in [1.165, 1.54) is 12.1 Å². The predicted molar refractivity (Wildman–Crippen MR) is 75.6 cm³/mol. The zero-order chi connectivity index (χ0) is 15.6. The minimum Gasteiger partial charge on any atom is -0.388 e. The number of benzene rings is 1. The van der Waals surface area contributed by atoms with Crippen LogP contribution in [0.5, 0.6) is 0 Å². The fraction of sp³-hybridized carbons (Fsp3) is 0.500. The molecule has 0 saturated carbocycles. The van der Waals surface area contributed by atoms with Gasteiger partial charge in [0.2, 0.25) is 0 Å². The number of hydrogen-bond donors (Lipinski definition) is 2. The summed E-state index contributed by atoms with van der Waals surface area (Å²) in [5.41, 5.74) is -1.15. The smallest absolute Gasteiger partial charge is 0.293 e. The summed E-state index contributed by atoms with van der Waals surface area (Å²) in [7, 11) is -3.51. The standard InChI is InChI=1S/C12H18N2O5S/c1-4-12(2,15)8-13-10-6-5-9(20(3,18)19)7-11(10)14(16)17/h5-7,13,15H,4,8H2,1-3H3/t12-/m1/s1. The highest BCUT2D eigenvalue weighted by Crippen LogP contribution is 2.28. The molecular weight excluding hydrogens is 284 g/mol. The van der Waals surface area contributed by atoms with E-state index in [0.717, 1.165) is 12.3 Å². The van der Waals surface area contributed by atoms with Gasteiger partial charge < -0.3 is 10.4 Å². The number of sulfone groups is 1. The molecule has 0 amide bonds. The summed E-state index contributed by atoms with van der Waals surface area (Å²) in [5.74, 6) is 0. The van der Waals surface area contributed by atoms with Crippen molar-refractivity contribution in [3.63, 3.8) is 0 Å². The zero-order valence-electron chi connectivity index (χ0n) is 11.6. The topological polar surface area (TPSA) is 110 Å². The van der Waals surface area contributed by atoms with Gasteiger partial charge in [0.1, 0.15) is 5.69 Å². The van der Waals surface area contributed by atoms with E-state index in [9.17, 15) is 23.6 Å². The van der Waals surface area contributed by atoms with Gasteiger partial charge >= 0.3 is 0 Å². The van der Waals surface area contributed by atoms with E-state index < -0.39 is 20.4 Å². The molecule has 20 heavy (non-hydrogen) atoms. The Kier molecular flexibility index (Phi) is 4.72. The summed E-state index contributed by atoms with van der Waals surface area (Å²) < 4.78 is 22.8. The van der Waals surface area contributed by atoms with Gasteiger partial charge in [0.15, 0.2) is 9.84 Å². The zero-order valence-corrected chi connectivity index (χ0v) is 12.4. The van der Waals surface area contributed by atoms with Gasteiger partial charge in [0.05, 0.1) is 15.4 Å². The van der Waals surface area contributed by atoms with Gasteiger partial charge in [-0.25, -0.2) is 8.42 Å². The molecule has 7 nitrogen and oxygen atoms in total. The van der Waals surface area contributed by atoms with E-state index >= 15 is 0 Å². The first-order chi connectivity index (χ1) is 9.07. The molecule has 0 unspecified atom stereocenters. The summed E-state index contributed by atoms with van der Waals surface area (Å²) in [6, 6.07) is 3.64. The number of anilines is 1. The Labute approximate surface area is 117 Å². The number of aliphatic hydroxyl groups is 1. The highest BCUT2D eigenvalue weighted by molar-refractivity contribution is 7.90. The normalized spacial score (nSPS) is 14.6. The van der Waals surface area contributed by atoms with Crippen LogP contribution >= 0.6 is 0 Å². The minimum absolute atomic E-state index is 0.114. The predicted octanol–water partition coefficient (Wildman–Crippen LogP) is 1.57. The highest BCUT2D eigenvalue weighted by Gasteiger charge is 2.22. The van der Waals surface area contributed by atoms with E-state index in [1.807, 2.05) is 0 Å². The number of hydrogen-bond acceptors (Lipinski definition) is 6. The van der Waals surface area contributed by atoms with E-state index in [4.69, 9.17) is 0 Å². The van der Waals surface area contributed by atoms with Crippen LogP contribution in [0.4, 0.5) is 11.4 Å². The molecule has 0 spiro atoms. The highest BCUT2D eigenvalue weighted by atomic mass is 32.2. The summed E-state index contributed by atoms with van der Waals surface area (Å²) in [5, 5.41) is 23.7. The van der Waals surface area contributed by atoms with Crippen LogP contribution < -0.4 is 5.32 Å². The second-order valence-electron chi connectivity index (χ2n) is 4.91. The Morgan fingerprint density at radius 3 is 2.50 bits per heavy atom. The number of rotatable bonds is 6. The second kappa shape index (κ2) is 5.76. The summed E-state index contributed by atoms with van der Waals surface area (Å²) in [6.07, 6.45) is 1.47. The fourth-order valence-electron chi connectivity index (χ4n) is 1.45. The van der Waals surface area contributed by atoms with Crippen molar-refractivity contribution in [2.45, 2.75) is 30.8 Å². The molecule has 0 fully saturated rings. The Balaban J connectivity index is 3.12. The molecule has 0 aliphatic carbocycles. The van der Waals surface area contributed by atoms with Gasteiger partial charge in [-0.05, 0) is 25.5 Å².